The van der Waals surface area contributed by atoms with E-state index in [1.165, 1.54) is 29.5 Å². The van der Waals surface area contributed by atoms with E-state index in [9.17, 15) is 0 Å². The number of rotatable bonds is 7. The Kier molecular flexibility index (Phi) is 6.23. The van der Waals surface area contributed by atoms with Crippen molar-refractivity contribution in [2.75, 3.05) is 19.7 Å². The molecule has 0 aliphatic carbocycles. The van der Waals surface area contributed by atoms with Crippen molar-refractivity contribution in [2.45, 2.75) is 40.2 Å². The zero-order valence-corrected chi connectivity index (χ0v) is 11.4. The molecule has 0 heterocycles. The number of aryl methyl sites for hydroxylation is 2. The van der Waals surface area contributed by atoms with Crippen molar-refractivity contribution in [1.29, 1.82) is 0 Å². The first-order chi connectivity index (χ1) is 8.17. The summed E-state index contributed by atoms with van der Waals surface area (Å²) in [6, 6.07) is 6.63. The largest absolute Gasteiger partial charge is 0.395 e. The van der Waals surface area contributed by atoms with Crippen LogP contribution in [-0.4, -0.2) is 29.7 Å². The quantitative estimate of drug-likeness (QED) is 0.785. The number of aliphatic hydroxyl groups excluding tert-OH is 1. The van der Waals surface area contributed by atoms with Gasteiger partial charge in [0.2, 0.25) is 0 Å². The highest BCUT2D eigenvalue weighted by Gasteiger charge is 2.05. The highest BCUT2D eigenvalue weighted by Crippen LogP contribution is 2.12. The van der Waals surface area contributed by atoms with Crippen molar-refractivity contribution in [3.05, 3.63) is 34.9 Å². The molecule has 2 nitrogen and oxygen atoms in total. The van der Waals surface area contributed by atoms with Crippen LogP contribution in [0.5, 0.6) is 0 Å². The number of nitrogens with zero attached hydrogens (tertiary/aromatic N) is 1. The van der Waals surface area contributed by atoms with E-state index in [4.69, 9.17) is 5.11 Å². The molecule has 0 fully saturated rings. The molecule has 0 saturated carbocycles. The summed E-state index contributed by atoms with van der Waals surface area (Å²) in [5.74, 6) is 0. The van der Waals surface area contributed by atoms with Crippen LogP contribution in [0, 0.1) is 13.8 Å². The van der Waals surface area contributed by atoms with Crippen LogP contribution in [0.1, 0.15) is 36.5 Å². The van der Waals surface area contributed by atoms with E-state index in [-0.39, 0.29) is 6.61 Å². The number of aliphatic hydroxyl groups is 1. The second kappa shape index (κ2) is 7.46. The minimum absolute atomic E-state index is 0.245. The molecule has 17 heavy (non-hydrogen) atoms. The third kappa shape index (κ3) is 4.88. The lowest BCUT2D eigenvalue weighted by Gasteiger charge is -2.21. The van der Waals surface area contributed by atoms with E-state index in [0.29, 0.717) is 0 Å². The number of unbranched alkanes of at least 4 members (excludes halogenated alkanes) is 1. The molecule has 0 amide bonds. The van der Waals surface area contributed by atoms with Crippen LogP contribution >= 0.6 is 0 Å². The second-order valence-electron chi connectivity index (χ2n) is 4.77. The summed E-state index contributed by atoms with van der Waals surface area (Å²) >= 11 is 0. The van der Waals surface area contributed by atoms with Crippen LogP contribution in [0.4, 0.5) is 0 Å². The Morgan fingerprint density at radius 3 is 2.47 bits per heavy atom. The zero-order valence-electron chi connectivity index (χ0n) is 11.4. The van der Waals surface area contributed by atoms with Crippen LogP contribution < -0.4 is 0 Å². The van der Waals surface area contributed by atoms with E-state index in [0.717, 1.165) is 19.6 Å². The van der Waals surface area contributed by atoms with Crippen molar-refractivity contribution < 1.29 is 5.11 Å². The Morgan fingerprint density at radius 1 is 1.12 bits per heavy atom. The average molecular weight is 235 g/mol. The first-order valence-electron chi connectivity index (χ1n) is 6.56. The van der Waals surface area contributed by atoms with Crippen molar-refractivity contribution >= 4 is 0 Å². The molecule has 0 spiro atoms. The van der Waals surface area contributed by atoms with Crippen LogP contribution in [0.2, 0.25) is 0 Å². The van der Waals surface area contributed by atoms with Crippen LogP contribution in [-0.2, 0) is 6.54 Å². The molecule has 1 aromatic carbocycles. The van der Waals surface area contributed by atoms with Gasteiger partial charge in [-0.05, 0) is 43.5 Å². The SMILES string of the molecule is CCCCN(CCO)Cc1ccc(C)c(C)c1. The maximum Gasteiger partial charge on any atom is 0.0558 e. The average Bonchev–Trinajstić information content (AvgIpc) is 2.31. The maximum absolute atomic E-state index is 9.07. The van der Waals surface area contributed by atoms with Gasteiger partial charge in [0, 0.05) is 13.1 Å². The predicted molar refractivity (Wildman–Crippen MR) is 73.2 cm³/mol. The lowest BCUT2D eigenvalue weighted by Crippen LogP contribution is -2.27. The van der Waals surface area contributed by atoms with Gasteiger partial charge in [-0.3, -0.25) is 4.90 Å². The van der Waals surface area contributed by atoms with Crippen molar-refractivity contribution in [2.24, 2.45) is 0 Å². The van der Waals surface area contributed by atoms with Gasteiger partial charge in [-0.15, -0.1) is 0 Å². The third-order valence-electron chi connectivity index (χ3n) is 3.22. The summed E-state index contributed by atoms with van der Waals surface area (Å²) in [7, 11) is 0. The van der Waals surface area contributed by atoms with E-state index < -0.39 is 0 Å². The Bertz CT molecular complexity index is 336. The highest BCUT2D eigenvalue weighted by atomic mass is 16.3. The Morgan fingerprint density at radius 2 is 1.88 bits per heavy atom. The molecule has 0 bridgehead atoms. The zero-order chi connectivity index (χ0) is 12.7. The monoisotopic (exact) mass is 235 g/mol. The molecule has 1 aromatic rings. The highest BCUT2D eigenvalue weighted by molar-refractivity contribution is 5.29. The van der Waals surface area contributed by atoms with Crippen molar-refractivity contribution in [3.63, 3.8) is 0 Å². The molecule has 1 rings (SSSR count). The molecule has 0 aliphatic rings. The summed E-state index contributed by atoms with van der Waals surface area (Å²) in [6.07, 6.45) is 2.40. The Labute approximate surface area is 105 Å². The minimum atomic E-state index is 0.245. The molecule has 96 valence electrons. The Hall–Kier alpha value is -0.860. The van der Waals surface area contributed by atoms with Crippen LogP contribution in [0.25, 0.3) is 0 Å². The Balaban J connectivity index is 2.61. The summed E-state index contributed by atoms with van der Waals surface area (Å²) in [5, 5.41) is 9.07. The smallest absolute Gasteiger partial charge is 0.0558 e. The topological polar surface area (TPSA) is 23.5 Å². The molecular weight excluding hydrogens is 210 g/mol. The number of hydrogen-bond donors (Lipinski definition) is 1. The summed E-state index contributed by atoms with van der Waals surface area (Å²) in [4.78, 5) is 2.33. The third-order valence-corrected chi connectivity index (χ3v) is 3.22. The lowest BCUT2D eigenvalue weighted by atomic mass is 10.1. The van der Waals surface area contributed by atoms with Gasteiger partial charge >= 0.3 is 0 Å². The van der Waals surface area contributed by atoms with E-state index >= 15 is 0 Å². The van der Waals surface area contributed by atoms with E-state index in [1.807, 2.05) is 0 Å². The maximum atomic E-state index is 9.07. The van der Waals surface area contributed by atoms with Gasteiger partial charge in [0.1, 0.15) is 0 Å². The number of hydrogen-bond acceptors (Lipinski definition) is 2. The standard InChI is InChI=1S/C15H25NO/c1-4-5-8-16(9-10-17)12-15-7-6-13(2)14(3)11-15/h6-7,11,17H,4-5,8-10,12H2,1-3H3. The second-order valence-corrected chi connectivity index (χ2v) is 4.77. The first kappa shape index (κ1) is 14.2. The summed E-state index contributed by atoms with van der Waals surface area (Å²) in [6.45, 7) is 9.53. The van der Waals surface area contributed by atoms with E-state index in [1.54, 1.807) is 0 Å². The lowest BCUT2D eigenvalue weighted by molar-refractivity contribution is 0.188. The van der Waals surface area contributed by atoms with Gasteiger partial charge in [-0.1, -0.05) is 31.5 Å². The summed E-state index contributed by atoms with van der Waals surface area (Å²) in [5.41, 5.74) is 4.04. The molecule has 0 radical (unpaired) electrons. The van der Waals surface area contributed by atoms with Crippen LogP contribution in [0.15, 0.2) is 18.2 Å². The molecule has 0 saturated heterocycles. The molecule has 0 unspecified atom stereocenters. The molecular formula is C15H25NO. The van der Waals surface area contributed by atoms with Crippen molar-refractivity contribution in [3.8, 4) is 0 Å². The normalized spacial score (nSPS) is 11.1. The van der Waals surface area contributed by atoms with Gasteiger partial charge in [0.05, 0.1) is 6.61 Å². The fraction of sp³-hybridized carbons (Fsp3) is 0.600. The van der Waals surface area contributed by atoms with Gasteiger partial charge in [-0.25, -0.2) is 0 Å². The predicted octanol–water partition coefficient (Wildman–Crippen LogP) is 2.90. The first-order valence-corrected chi connectivity index (χ1v) is 6.56. The minimum Gasteiger partial charge on any atom is -0.395 e. The van der Waals surface area contributed by atoms with Gasteiger partial charge in [0.15, 0.2) is 0 Å². The van der Waals surface area contributed by atoms with Crippen molar-refractivity contribution in [1.82, 2.24) is 4.90 Å². The molecule has 2 heteroatoms. The van der Waals surface area contributed by atoms with Gasteiger partial charge < -0.3 is 5.11 Å². The van der Waals surface area contributed by atoms with Gasteiger partial charge in [-0.2, -0.15) is 0 Å². The fourth-order valence-electron chi connectivity index (χ4n) is 1.95. The van der Waals surface area contributed by atoms with Crippen LogP contribution in [0.3, 0.4) is 0 Å². The number of benzene rings is 1. The molecule has 0 aromatic heterocycles. The van der Waals surface area contributed by atoms with Gasteiger partial charge in [0.25, 0.3) is 0 Å². The summed E-state index contributed by atoms with van der Waals surface area (Å²) < 4.78 is 0. The molecule has 0 atom stereocenters. The van der Waals surface area contributed by atoms with E-state index in [2.05, 4.69) is 43.9 Å². The molecule has 0 aliphatic heterocycles. The molecule has 1 N–H and O–H groups in total. The fourth-order valence-corrected chi connectivity index (χ4v) is 1.95.